The summed E-state index contributed by atoms with van der Waals surface area (Å²) >= 11 is 0. The zero-order valence-electron chi connectivity index (χ0n) is 9.04. The molecule has 0 aliphatic rings. The minimum Gasteiger partial charge on any atom is -0.480 e. The second kappa shape index (κ2) is 3.85. The Balaban J connectivity index is 2.75. The van der Waals surface area contributed by atoms with Gasteiger partial charge in [0.15, 0.2) is 5.69 Å². The highest BCUT2D eigenvalue weighted by molar-refractivity contribution is 6.04. The first kappa shape index (κ1) is 11.1. The number of amides is 1. The molecule has 2 heterocycles. The van der Waals surface area contributed by atoms with Gasteiger partial charge in [-0.3, -0.25) is 19.3 Å². The molecule has 2 aromatic heterocycles. The number of hydrogen-bond acceptors (Lipinski definition) is 4. The van der Waals surface area contributed by atoms with E-state index in [1.165, 1.54) is 10.9 Å². The van der Waals surface area contributed by atoms with Crippen molar-refractivity contribution in [2.24, 2.45) is 5.73 Å². The second-order valence-corrected chi connectivity index (χ2v) is 3.56. The molecule has 0 saturated carbocycles. The lowest BCUT2D eigenvalue weighted by Gasteiger charge is -2.00. The Morgan fingerprint density at radius 3 is 2.82 bits per heavy atom. The Morgan fingerprint density at radius 1 is 1.53 bits per heavy atom. The van der Waals surface area contributed by atoms with Gasteiger partial charge < -0.3 is 10.8 Å². The van der Waals surface area contributed by atoms with Crippen LogP contribution >= 0.6 is 0 Å². The van der Waals surface area contributed by atoms with Crippen LogP contribution in [0.15, 0.2) is 12.3 Å². The molecule has 0 spiro atoms. The van der Waals surface area contributed by atoms with Crippen LogP contribution in [-0.4, -0.2) is 31.7 Å². The van der Waals surface area contributed by atoms with Crippen LogP contribution in [0.2, 0.25) is 0 Å². The number of aryl methyl sites for hydroxylation is 1. The number of carbonyl (C=O) groups is 2. The van der Waals surface area contributed by atoms with Gasteiger partial charge in [0.25, 0.3) is 5.91 Å². The topological polar surface area (TPSA) is 111 Å². The molecule has 2 aromatic rings. The average molecular weight is 234 g/mol. The van der Waals surface area contributed by atoms with Crippen LogP contribution in [0.5, 0.6) is 0 Å². The summed E-state index contributed by atoms with van der Waals surface area (Å²) in [6, 6.07) is 1.59. The Morgan fingerprint density at radius 2 is 2.24 bits per heavy atom. The van der Waals surface area contributed by atoms with Crippen LogP contribution in [0, 0.1) is 6.92 Å². The normalized spacial score (nSPS) is 10.6. The fourth-order valence-electron chi connectivity index (χ4n) is 1.72. The molecular weight excluding hydrogens is 224 g/mol. The van der Waals surface area contributed by atoms with E-state index in [9.17, 15) is 9.59 Å². The number of aromatic nitrogens is 3. The van der Waals surface area contributed by atoms with Crippen molar-refractivity contribution in [2.45, 2.75) is 13.5 Å². The van der Waals surface area contributed by atoms with Crippen molar-refractivity contribution in [1.29, 1.82) is 0 Å². The van der Waals surface area contributed by atoms with Crippen molar-refractivity contribution in [3.63, 3.8) is 0 Å². The number of nitrogens with zero attached hydrogens (tertiary/aromatic N) is 3. The average Bonchev–Trinajstić information content (AvgIpc) is 2.57. The summed E-state index contributed by atoms with van der Waals surface area (Å²) in [6.45, 7) is 1.38. The Labute approximate surface area is 95.9 Å². The van der Waals surface area contributed by atoms with Gasteiger partial charge in [-0.15, -0.1) is 0 Å². The quantitative estimate of drug-likeness (QED) is 0.771. The van der Waals surface area contributed by atoms with E-state index in [4.69, 9.17) is 10.8 Å². The molecule has 88 valence electrons. The monoisotopic (exact) mass is 234 g/mol. The molecule has 7 nitrogen and oxygen atoms in total. The van der Waals surface area contributed by atoms with Crippen molar-refractivity contribution in [3.05, 3.63) is 23.7 Å². The van der Waals surface area contributed by atoms with Crippen molar-refractivity contribution >= 4 is 22.8 Å². The standard InChI is InChI=1S/C10H10N4O3/c1-5-9-6(2-3-12-5)8(10(11)17)13-14(9)4-7(15)16/h2-3H,4H2,1H3,(H2,11,17)(H,15,16). The Hall–Kier alpha value is -2.44. The number of primary amides is 1. The first-order valence-corrected chi connectivity index (χ1v) is 4.84. The fraction of sp³-hybridized carbons (Fsp3) is 0.200. The number of rotatable bonds is 3. The van der Waals surface area contributed by atoms with Crippen molar-refractivity contribution in [2.75, 3.05) is 0 Å². The third-order valence-corrected chi connectivity index (χ3v) is 2.36. The highest BCUT2D eigenvalue weighted by Gasteiger charge is 2.17. The summed E-state index contributed by atoms with van der Waals surface area (Å²) in [4.78, 5) is 26.0. The maximum Gasteiger partial charge on any atom is 0.325 e. The number of aliphatic carboxylic acids is 1. The van der Waals surface area contributed by atoms with Gasteiger partial charge in [-0.1, -0.05) is 0 Å². The van der Waals surface area contributed by atoms with Crippen LogP contribution < -0.4 is 5.73 Å². The fourth-order valence-corrected chi connectivity index (χ4v) is 1.72. The molecule has 17 heavy (non-hydrogen) atoms. The lowest BCUT2D eigenvalue weighted by molar-refractivity contribution is -0.137. The number of hydrogen-bond donors (Lipinski definition) is 2. The van der Waals surface area contributed by atoms with Crippen molar-refractivity contribution in [3.8, 4) is 0 Å². The molecular formula is C10H10N4O3. The zero-order valence-corrected chi connectivity index (χ0v) is 9.04. The molecule has 1 amide bonds. The summed E-state index contributed by atoms with van der Waals surface area (Å²) in [5.41, 5.74) is 6.37. The van der Waals surface area contributed by atoms with E-state index in [2.05, 4.69) is 10.1 Å². The summed E-state index contributed by atoms with van der Waals surface area (Å²) in [5, 5.41) is 13.2. The van der Waals surface area contributed by atoms with Crippen LogP contribution in [-0.2, 0) is 11.3 Å². The van der Waals surface area contributed by atoms with Gasteiger partial charge in [0, 0.05) is 11.6 Å². The zero-order chi connectivity index (χ0) is 12.6. The number of carboxylic acids is 1. The number of fused-ring (bicyclic) bond motifs is 1. The van der Waals surface area contributed by atoms with Gasteiger partial charge >= 0.3 is 5.97 Å². The molecule has 0 aromatic carbocycles. The summed E-state index contributed by atoms with van der Waals surface area (Å²) < 4.78 is 1.22. The first-order chi connectivity index (χ1) is 8.00. The largest absolute Gasteiger partial charge is 0.480 e. The molecule has 0 bridgehead atoms. The molecule has 0 saturated heterocycles. The molecule has 0 unspecified atom stereocenters. The van der Waals surface area contributed by atoms with Crippen molar-refractivity contribution < 1.29 is 14.7 Å². The van der Waals surface area contributed by atoms with E-state index >= 15 is 0 Å². The van der Waals surface area contributed by atoms with Gasteiger partial charge in [0.1, 0.15) is 6.54 Å². The van der Waals surface area contributed by atoms with Crippen molar-refractivity contribution in [1.82, 2.24) is 14.8 Å². The molecule has 0 fully saturated rings. The predicted molar refractivity (Wildman–Crippen MR) is 58.4 cm³/mol. The number of carbonyl (C=O) groups excluding carboxylic acids is 1. The van der Waals surface area contributed by atoms with Gasteiger partial charge in [0.2, 0.25) is 0 Å². The second-order valence-electron chi connectivity index (χ2n) is 3.56. The number of carboxylic acid groups (broad SMARTS) is 1. The number of nitrogens with two attached hydrogens (primary N) is 1. The van der Waals surface area contributed by atoms with E-state index in [-0.39, 0.29) is 12.2 Å². The maximum absolute atomic E-state index is 11.2. The van der Waals surface area contributed by atoms with E-state index in [0.717, 1.165) is 0 Å². The van der Waals surface area contributed by atoms with Crippen LogP contribution in [0.3, 0.4) is 0 Å². The van der Waals surface area contributed by atoms with Crippen LogP contribution in [0.25, 0.3) is 10.9 Å². The van der Waals surface area contributed by atoms with Gasteiger partial charge in [-0.25, -0.2) is 0 Å². The van der Waals surface area contributed by atoms with Crippen LogP contribution in [0.4, 0.5) is 0 Å². The smallest absolute Gasteiger partial charge is 0.325 e. The highest BCUT2D eigenvalue weighted by Crippen LogP contribution is 2.20. The first-order valence-electron chi connectivity index (χ1n) is 4.84. The van der Waals surface area contributed by atoms with Gasteiger partial charge in [-0.2, -0.15) is 5.10 Å². The Bertz CT molecular complexity index is 617. The van der Waals surface area contributed by atoms with Gasteiger partial charge in [-0.05, 0) is 13.0 Å². The third-order valence-electron chi connectivity index (χ3n) is 2.36. The summed E-state index contributed by atoms with van der Waals surface area (Å²) in [6.07, 6.45) is 1.52. The SMILES string of the molecule is Cc1nccc2c(C(N)=O)nn(CC(=O)O)c12. The molecule has 3 N–H and O–H groups in total. The minimum absolute atomic E-state index is 0.0618. The molecule has 2 rings (SSSR count). The molecule has 0 atom stereocenters. The van der Waals surface area contributed by atoms with E-state index in [1.54, 1.807) is 13.0 Å². The lowest BCUT2D eigenvalue weighted by Crippen LogP contribution is -2.14. The molecule has 7 heteroatoms. The van der Waals surface area contributed by atoms with E-state index in [1.807, 2.05) is 0 Å². The molecule has 0 aliphatic heterocycles. The highest BCUT2D eigenvalue weighted by atomic mass is 16.4. The molecule has 0 aliphatic carbocycles. The van der Waals surface area contributed by atoms with E-state index < -0.39 is 11.9 Å². The lowest BCUT2D eigenvalue weighted by atomic mass is 10.2. The summed E-state index contributed by atoms with van der Waals surface area (Å²) in [5.74, 6) is -1.74. The van der Waals surface area contributed by atoms with Crippen LogP contribution in [0.1, 0.15) is 16.2 Å². The van der Waals surface area contributed by atoms with Gasteiger partial charge in [0.05, 0.1) is 11.2 Å². The maximum atomic E-state index is 11.2. The third kappa shape index (κ3) is 1.82. The Kier molecular flexibility index (Phi) is 2.51. The molecule has 0 radical (unpaired) electrons. The minimum atomic E-state index is -1.05. The number of pyridine rings is 1. The summed E-state index contributed by atoms with van der Waals surface area (Å²) in [7, 11) is 0. The van der Waals surface area contributed by atoms with E-state index in [0.29, 0.717) is 16.6 Å². The predicted octanol–water partition coefficient (Wildman–Crippen LogP) is -0.0768.